The third-order valence-corrected chi connectivity index (χ3v) is 3.53. The minimum atomic E-state index is -0.140. The summed E-state index contributed by atoms with van der Waals surface area (Å²) in [4.78, 5) is 14.7. The number of carbonyl (C=O) groups excluding carboxylic acids is 1. The van der Waals surface area contributed by atoms with Crippen LogP contribution in [-0.2, 0) is 4.79 Å². The normalized spacial score (nSPS) is 23.8. The van der Waals surface area contributed by atoms with Gasteiger partial charge in [-0.2, -0.15) is 5.10 Å². The molecule has 0 unspecified atom stereocenters. The zero-order valence-corrected chi connectivity index (χ0v) is 10.1. The molecule has 0 atom stereocenters. The first-order valence-corrected chi connectivity index (χ1v) is 5.91. The first kappa shape index (κ1) is 10.6. The monoisotopic (exact) mass is 249 g/mol. The van der Waals surface area contributed by atoms with Crippen molar-refractivity contribution in [1.29, 1.82) is 0 Å². The molecule has 0 spiro atoms. The summed E-state index contributed by atoms with van der Waals surface area (Å²) >= 11 is 5.81. The smallest absolute Gasteiger partial charge is 0.273 e. The van der Waals surface area contributed by atoms with Crippen LogP contribution in [0.2, 0.25) is 5.15 Å². The number of hydrogen-bond donors (Lipinski definition) is 2. The second kappa shape index (κ2) is 3.47. The topological polar surface area (TPSA) is 57.2 Å². The number of carbonyl (C=O) groups is 1. The van der Waals surface area contributed by atoms with Crippen LogP contribution < -0.4 is 5.43 Å². The number of nitrogens with one attached hydrogen (secondary N) is 2. The van der Waals surface area contributed by atoms with Gasteiger partial charge in [-0.25, -0.2) is 5.43 Å². The summed E-state index contributed by atoms with van der Waals surface area (Å²) in [7, 11) is 0. The van der Waals surface area contributed by atoms with Crippen molar-refractivity contribution in [3.8, 4) is 0 Å². The van der Waals surface area contributed by atoms with Crippen molar-refractivity contribution in [3.63, 3.8) is 0 Å². The Morgan fingerprint density at radius 1 is 1.47 bits per heavy atom. The van der Waals surface area contributed by atoms with Crippen molar-refractivity contribution in [2.24, 2.45) is 10.5 Å². The molecule has 5 heteroatoms. The van der Waals surface area contributed by atoms with E-state index < -0.39 is 0 Å². The fourth-order valence-electron chi connectivity index (χ4n) is 1.98. The van der Waals surface area contributed by atoms with Crippen molar-refractivity contribution in [2.75, 3.05) is 0 Å². The molecule has 0 bridgehead atoms. The van der Waals surface area contributed by atoms with E-state index in [1.165, 1.54) is 0 Å². The molecule has 4 nitrogen and oxygen atoms in total. The van der Waals surface area contributed by atoms with Gasteiger partial charge in [-0.3, -0.25) is 4.79 Å². The molecule has 1 aliphatic heterocycles. The van der Waals surface area contributed by atoms with Gasteiger partial charge in [-0.1, -0.05) is 18.5 Å². The second-order valence-electron chi connectivity index (χ2n) is 4.78. The quantitative estimate of drug-likeness (QED) is 0.777. The average molecular weight is 250 g/mol. The van der Waals surface area contributed by atoms with Crippen LogP contribution in [0.5, 0.6) is 0 Å². The minimum absolute atomic E-state index is 0.0708. The third-order valence-electron chi connectivity index (χ3n) is 3.31. The summed E-state index contributed by atoms with van der Waals surface area (Å²) in [5.41, 5.74) is 4.93. The lowest BCUT2D eigenvalue weighted by molar-refractivity contribution is -0.116. The summed E-state index contributed by atoms with van der Waals surface area (Å²) < 4.78 is 0. The van der Waals surface area contributed by atoms with Crippen LogP contribution in [0.3, 0.4) is 0 Å². The van der Waals surface area contributed by atoms with Crippen LogP contribution in [0.1, 0.15) is 25.5 Å². The number of rotatable bonds is 2. The van der Waals surface area contributed by atoms with Gasteiger partial charge in [0.2, 0.25) is 0 Å². The van der Waals surface area contributed by atoms with Crippen LogP contribution in [0.4, 0.5) is 0 Å². The molecule has 1 amide bonds. The van der Waals surface area contributed by atoms with E-state index in [1.807, 2.05) is 6.07 Å². The van der Waals surface area contributed by atoms with E-state index in [2.05, 4.69) is 22.4 Å². The van der Waals surface area contributed by atoms with E-state index in [-0.39, 0.29) is 11.3 Å². The van der Waals surface area contributed by atoms with Crippen molar-refractivity contribution in [1.82, 2.24) is 10.4 Å². The maximum Gasteiger partial charge on any atom is 0.273 e. The molecule has 2 N–H and O–H groups in total. The predicted octanol–water partition coefficient (Wildman–Crippen LogP) is 2.34. The maximum atomic E-state index is 11.7. The zero-order chi connectivity index (χ0) is 12.0. The van der Waals surface area contributed by atoms with E-state index in [1.54, 1.807) is 12.1 Å². The fourth-order valence-corrected chi connectivity index (χ4v) is 2.15. The van der Waals surface area contributed by atoms with Crippen molar-refractivity contribution in [2.45, 2.75) is 19.8 Å². The van der Waals surface area contributed by atoms with Crippen molar-refractivity contribution in [3.05, 3.63) is 28.6 Å². The second-order valence-corrected chi connectivity index (χ2v) is 5.19. The van der Waals surface area contributed by atoms with Gasteiger partial charge in [-0.15, -0.1) is 0 Å². The first-order chi connectivity index (χ1) is 8.08. The number of nitrogens with zero attached hydrogens (tertiary/aromatic N) is 1. The Morgan fingerprint density at radius 3 is 2.82 bits per heavy atom. The fraction of sp³-hybridized carbons (Fsp3) is 0.333. The van der Waals surface area contributed by atoms with E-state index >= 15 is 0 Å². The molecule has 3 rings (SSSR count). The Hall–Kier alpha value is -1.55. The number of H-pyrrole nitrogens is 1. The summed E-state index contributed by atoms with van der Waals surface area (Å²) in [6.07, 6.45) is 3.98. The highest BCUT2D eigenvalue weighted by Gasteiger charge is 2.47. The molecule has 2 heterocycles. The molecular formula is C12H12ClN3O. The molecular weight excluding hydrogens is 238 g/mol. The molecule has 88 valence electrons. The Balaban J connectivity index is 1.97. The lowest BCUT2D eigenvalue weighted by Crippen LogP contribution is -2.17. The number of aromatic nitrogens is 1. The Bertz CT molecular complexity index is 552. The Morgan fingerprint density at radius 2 is 2.24 bits per heavy atom. The molecule has 1 saturated carbocycles. The van der Waals surface area contributed by atoms with Crippen LogP contribution in [-0.4, -0.2) is 16.6 Å². The highest BCUT2D eigenvalue weighted by atomic mass is 35.5. The van der Waals surface area contributed by atoms with E-state index in [0.29, 0.717) is 10.7 Å². The standard InChI is InChI=1S/C12H12ClN3O/c1-12(4-5-12)10-8(11(17)16-15-10)6-7-2-3-9(13)14-7/h2-3,6,14H,4-5H2,1H3,(H,16,17). The Labute approximate surface area is 104 Å². The van der Waals surface area contributed by atoms with E-state index in [0.717, 1.165) is 24.2 Å². The summed E-state index contributed by atoms with van der Waals surface area (Å²) in [6, 6.07) is 3.60. The molecule has 0 aromatic carbocycles. The van der Waals surface area contributed by atoms with Crippen LogP contribution in [0.15, 0.2) is 22.8 Å². The minimum Gasteiger partial charge on any atom is -0.346 e. The van der Waals surface area contributed by atoms with Crippen molar-refractivity contribution >= 4 is 29.3 Å². The number of hydrazone groups is 1. The van der Waals surface area contributed by atoms with Gasteiger partial charge < -0.3 is 4.98 Å². The van der Waals surface area contributed by atoms with Gasteiger partial charge in [0, 0.05) is 11.1 Å². The summed E-state index contributed by atoms with van der Waals surface area (Å²) in [5.74, 6) is -0.140. The van der Waals surface area contributed by atoms with E-state index in [4.69, 9.17) is 11.6 Å². The Kier molecular flexibility index (Phi) is 2.16. The third kappa shape index (κ3) is 1.78. The molecule has 17 heavy (non-hydrogen) atoms. The largest absolute Gasteiger partial charge is 0.346 e. The molecule has 1 fully saturated rings. The number of aromatic amines is 1. The SMILES string of the molecule is CC1(C2=NNC(=O)C2=Cc2ccc(Cl)[nH]2)CC1. The van der Waals surface area contributed by atoms with Gasteiger partial charge in [0.15, 0.2) is 0 Å². The van der Waals surface area contributed by atoms with Gasteiger partial charge in [0.25, 0.3) is 5.91 Å². The highest BCUT2D eigenvalue weighted by molar-refractivity contribution is 6.30. The lowest BCUT2D eigenvalue weighted by atomic mass is 9.95. The van der Waals surface area contributed by atoms with Gasteiger partial charge in [0.1, 0.15) is 5.15 Å². The van der Waals surface area contributed by atoms with Crippen LogP contribution in [0.25, 0.3) is 6.08 Å². The van der Waals surface area contributed by atoms with E-state index in [9.17, 15) is 4.79 Å². The molecule has 1 aliphatic carbocycles. The zero-order valence-electron chi connectivity index (χ0n) is 9.38. The molecule has 2 aliphatic rings. The number of amides is 1. The molecule has 0 saturated heterocycles. The van der Waals surface area contributed by atoms with Crippen molar-refractivity contribution < 1.29 is 4.79 Å². The first-order valence-electron chi connectivity index (χ1n) is 5.54. The molecule has 1 aromatic heterocycles. The predicted molar refractivity (Wildman–Crippen MR) is 66.7 cm³/mol. The highest BCUT2D eigenvalue weighted by Crippen LogP contribution is 2.49. The molecule has 0 radical (unpaired) electrons. The summed E-state index contributed by atoms with van der Waals surface area (Å²) in [6.45, 7) is 2.13. The van der Waals surface area contributed by atoms with Gasteiger partial charge in [0.05, 0.1) is 11.3 Å². The van der Waals surface area contributed by atoms with Gasteiger partial charge in [-0.05, 0) is 31.1 Å². The average Bonchev–Trinajstić information content (AvgIpc) is 2.72. The maximum absolute atomic E-state index is 11.7. The van der Waals surface area contributed by atoms with Gasteiger partial charge >= 0.3 is 0 Å². The van der Waals surface area contributed by atoms with Crippen LogP contribution in [0, 0.1) is 5.41 Å². The lowest BCUT2D eigenvalue weighted by Gasteiger charge is -2.07. The number of halogens is 1. The van der Waals surface area contributed by atoms with Crippen LogP contribution >= 0.6 is 11.6 Å². The molecule has 1 aromatic rings. The number of hydrogen-bond acceptors (Lipinski definition) is 2. The summed E-state index contributed by atoms with van der Waals surface area (Å²) in [5, 5.41) is 4.70.